The van der Waals surface area contributed by atoms with Crippen molar-refractivity contribution >= 4 is 6.29 Å². The SMILES string of the molecule is O=CCCO.[W]. The van der Waals surface area contributed by atoms with E-state index in [2.05, 4.69) is 0 Å². The molecule has 0 aliphatic carbocycles. The average molecular weight is 258 g/mol. The van der Waals surface area contributed by atoms with E-state index in [-0.39, 0.29) is 34.1 Å². The van der Waals surface area contributed by atoms with Crippen molar-refractivity contribution in [2.24, 2.45) is 0 Å². The first-order valence-electron chi connectivity index (χ1n) is 1.46. The number of hydrogen-bond donors (Lipinski definition) is 1. The van der Waals surface area contributed by atoms with Crippen molar-refractivity contribution in [2.45, 2.75) is 6.42 Å². The third-order valence-corrected chi connectivity index (χ3v) is 0.247. The van der Waals surface area contributed by atoms with Crippen LogP contribution in [0.15, 0.2) is 0 Å². The van der Waals surface area contributed by atoms with Crippen molar-refractivity contribution < 1.29 is 31.0 Å². The number of carbonyl (C=O) groups is 1. The molecule has 0 radical (unpaired) electrons. The van der Waals surface area contributed by atoms with E-state index < -0.39 is 0 Å². The Morgan fingerprint density at radius 3 is 2.17 bits per heavy atom. The zero-order chi connectivity index (χ0) is 4.12. The fraction of sp³-hybridized carbons (Fsp3) is 0.667. The molecule has 0 fully saturated rings. The van der Waals surface area contributed by atoms with Crippen molar-refractivity contribution in [3.63, 3.8) is 0 Å². The number of aliphatic hydroxyl groups is 1. The Hall–Kier alpha value is 0.318. The van der Waals surface area contributed by atoms with Crippen LogP contribution >= 0.6 is 0 Å². The van der Waals surface area contributed by atoms with Gasteiger partial charge in [-0.1, -0.05) is 0 Å². The van der Waals surface area contributed by atoms with Gasteiger partial charge in [-0.3, -0.25) is 0 Å². The Labute approximate surface area is 50.8 Å². The molecule has 6 heavy (non-hydrogen) atoms. The van der Waals surface area contributed by atoms with E-state index in [1.807, 2.05) is 0 Å². The van der Waals surface area contributed by atoms with E-state index in [9.17, 15) is 4.79 Å². The molecule has 0 aliphatic heterocycles. The molecule has 0 aliphatic rings. The van der Waals surface area contributed by atoms with Crippen molar-refractivity contribution in [3.05, 3.63) is 0 Å². The Morgan fingerprint density at radius 1 is 1.67 bits per heavy atom. The maximum atomic E-state index is 9.24. The second-order valence-corrected chi connectivity index (χ2v) is 0.679. The van der Waals surface area contributed by atoms with Gasteiger partial charge in [-0.05, 0) is 0 Å². The van der Waals surface area contributed by atoms with Crippen LogP contribution in [0.1, 0.15) is 6.42 Å². The number of hydrogen-bond acceptors (Lipinski definition) is 2. The molecule has 0 rings (SSSR count). The van der Waals surface area contributed by atoms with Gasteiger partial charge < -0.3 is 9.90 Å². The van der Waals surface area contributed by atoms with Crippen LogP contribution in [-0.4, -0.2) is 18.0 Å². The summed E-state index contributed by atoms with van der Waals surface area (Å²) in [6.07, 6.45) is 0.944. The number of aldehydes is 1. The summed E-state index contributed by atoms with van der Waals surface area (Å²) in [5.41, 5.74) is 0. The third-order valence-electron chi connectivity index (χ3n) is 0.247. The molecule has 1 N–H and O–H groups in total. The minimum atomic E-state index is -0.0243. The summed E-state index contributed by atoms with van der Waals surface area (Å²) in [4.78, 5) is 9.24. The molecule has 0 saturated carbocycles. The second-order valence-electron chi connectivity index (χ2n) is 0.679. The van der Waals surface area contributed by atoms with Gasteiger partial charge in [0.15, 0.2) is 0 Å². The molecule has 0 saturated heterocycles. The van der Waals surface area contributed by atoms with Gasteiger partial charge in [0.1, 0.15) is 6.29 Å². The van der Waals surface area contributed by atoms with Crippen molar-refractivity contribution in [3.8, 4) is 0 Å². The first-order valence-corrected chi connectivity index (χ1v) is 1.46. The molecule has 0 aromatic rings. The minimum Gasteiger partial charge on any atom is -0.396 e. The zero-order valence-electron chi connectivity index (χ0n) is 3.26. The monoisotopic (exact) mass is 258 g/mol. The third kappa shape index (κ3) is 8.85. The van der Waals surface area contributed by atoms with E-state index in [1.54, 1.807) is 0 Å². The van der Waals surface area contributed by atoms with Gasteiger partial charge in [-0.15, -0.1) is 0 Å². The molecule has 2 nitrogen and oxygen atoms in total. The molecule has 0 aromatic heterocycles. The zero-order valence-corrected chi connectivity index (χ0v) is 6.19. The maximum Gasteiger partial charge on any atom is 0.122 e. The summed E-state index contributed by atoms with van der Waals surface area (Å²) in [5.74, 6) is 0. The topological polar surface area (TPSA) is 37.3 Å². The average Bonchev–Trinajstić information content (AvgIpc) is 1.41. The fourth-order valence-electron chi connectivity index (χ4n) is 0.0527. The van der Waals surface area contributed by atoms with E-state index >= 15 is 0 Å². The molecular weight excluding hydrogens is 252 g/mol. The molecule has 0 bridgehead atoms. The van der Waals surface area contributed by atoms with E-state index in [4.69, 9.17) is 5.11 Å². The summed E-state index contributed by atoms with van der Waals surface area (Å²) in [7, 11) is 0. The molecule has 36 valence electrons. The number of aliphatic hydroxyl groups excluding tert-OH is 1. The van der Waals surface area contributed by atoms with Gasteiger partial charge in [0.05, 0.1) is 0 Å². The smallest absolute Gasteiger partial charge is 0.122 e. The van der Waals surface area contributed by atoms with Crippen LogP contribution in [0.2, 0.25) is 0 Å². The van der Waals surface area contributed by atoms with Crippen LogP contribution in [0, 0.1) is 0 Å². The molecule has 0 aromatic carbocycles. The van der Waals surface area contributed by atoms with Gasteiger partial charge in [0.25, 0.3) is 0 Å². The fourth-order valence-corrected chi connectivity index (χ4v) is 0.0527. The predicted octanol–water partition coefficient (Wildman–Crippen LogP) is -0.435. The van der Waals surface area contributed by atoms with Gasteiger partial charge in [0, 0.05) is 34.1 Å². The Balaban J connectivity index is 0. The standard InChI is InChI=1S/C3H6O2.W/c4-2-1-3-5;/h2,5H,1,3H2;. The van der Waals surface area contributed by atoms with Crippen LogP contribution in [0.25, 0.3) is 0 Å². The Bertz CT molecular complexity index is 30.0. The minimum absolute atomic E-state index is 0. The molecule has 0 heterocycles. The molecule has 0 spiro atoms. The maximum absolute atomic E-state index is 9.24. The van der Waals surface area contributed by atoms with Gasteiger partial charge in [0.2, 0.25) is 0 Å². The largest absolute Gasteiger partial charge is 0.396 e. The van der Waals surface area contributed by atoms with E-state index in [0.717, 1.165) is 0 Å². The summed E-state index contributed by atoms with van der Waals surface area (Å²) in [6.45, 7) is -0.0243. The number of carbonyl (C=O) groups excluding carboxylic acids is 1. The quantitative estimate of drug-likeness (QED) is 0.682. The second kappa shape index (κ2) is 9.01. The normalized spacial score (nSPS) is 6.17. The van der Waals surface area contributed by atoms with Crippen LogP contribution in [-0.2, 0) is 25.9 Å². The summed E-state index contributed by atoms with van der Waals surface area (Å²) < 4.78 is 0. The van der Waals surface area contributed by atoms with Gasteiger partial charge >= 0.3 is 0 Å². The van der Waals surface area contributed by atoms with Crippen molar-refractivity contribution in [1.82, 2.24) is 0 Å². The van der Waals surface area contributed by atoms with Gasteiger partial charge in [-0.25, -0.2) is 0 Å². The summed E-state index contributed by atoms with van der Waals surface area (Å²) in [5, 5.41) is 7.84. The summed E-state index contributed by atoms with van der Waals surface area (Å²) >= 11 is 0. The van der Waals surface area contributed by atoms with E-state index in [1.165, 1.54) is 0 Å². The first kappa shape index (κ1) is 9.58. The van der Waals surface area contributed by atoms with Crippen LogP contribution in [0.5, 0.6) is 0 Å². The van der Waals surface area contributed by atoms with E-state index in [0.29, 0.717) is 6.29 Å². The summed E-state index contributed by atoms with van der Waals surface area (Å²) in [6, 6.07) is 0. The molecule has 0 unspecified atom stereocenters. The van der Waals surface area contributed by atoms with Crippen LogP contribution in [0.4, 0.5) is 0 Å². The Kier molecular flexibility index (Phi) is 14.4. The molecule has 0 atom stereocenters. The number of rotatable bonds is 2. The predicted molar refractivity (Wildman–Crippen MR) is 17.8 cm³/mol. The first-order chi connectivity index (χ1) is 2.41. The molecule has 3 heteroatoms. The van der Waals surface area contributed by atoms with Crippen LogP contribution in [0.3, 0.4) is 0 Å². The van der Waals surface area contributed by atoms with Gasteiger partial charge in [-0.2, -0.15) is 0 Å². The Morgan fingerprint density at radius 2 is 2.17 bits per heavy atom. The molecule has 0 amide bonds. The molecular formula is C3H6O2W. The van der Waals surface area contributed by atoms with Crippen molar-refractivity contribution in [1.29, 1.82) is 0 Å². The van der Waals surface area contributed by atoms with Crippen LogP contribution < -0.4 is 0 Å². The van der Waals surface area contributed by atoms with Crippen molar-refractivity contribution in [2.75, 3.05) is 6.61 Å².